The molecule has 0 spiro atoms. The highest BCUT2D eigenvalue weighted by Gasteiger charge is 2.28. The highest BCUT2D eigenvalue weighted by Crippen LogP contribution is 2.23. The fraction of sp³-hybridized carbons (Fsp3) is 0.300. The summed E-state index contributed by atoms with van der Waals surface area (Å²) >= 11 is 0. The van der Waals surface area contributed by atoms with Crippen LogP contribution >= 0.6 is 0 Å². The number of fused-ring (bicyclic) bond motifs is 1. The molecule has 2 heterocycles. The van der Waals surface area contributed by atoms with Crippen molar-refractivity contribution in [3.8, 4) is 0 Å². The second-order valence-electron chi connectivity index (χ2n) is 7.08. The van der Waals surface area contributed by atoms with E-state index in [2.05, 4.69) is 15.0 Å². The topological polar surface area (TPSA) is 92.6 Å². The number of aromatic nitrogens is 2. The zero-order valence-electron chi connectivity index (χ0n) is 15.6. The number of carbonyl (C=O) groups excluding carboxylic acids is 1. The summed E-state index contributed by atoms with van der Waals surface area (Å²) in [6, 6.07) is 10.5. The molecule has 8 heteroatoms. The molecule has 1 aromatic carbocycles. The first-order valence-corrected chi connectivity index (χ1v) is 10.7. The van der Waals surface area contributed by atoms with Gasteiger partial charge in [0.1, 0.15) is 5.65 Å². The summed E-state index contributed by atoms with van der Waals surface area (Å²) in [7, 11) is -3.59. The monoisotopic (exact) mass is 398 g/mol. The lowest BCUT2D eigenvalue weighted by Crippen LogP contribution is -2.28. The van der Waals surface area contributed by atoms with Crippen molar-refractivity contribution in [1.29, 1.82) is 0 Å². The number of rotatable bonds is 7. The number of hydrogen-bond donors (Lipinski definition) is 2. The predicted octanol–water partition coefficient (Wildman–Crippen LogP) is 2.06. The Morgan fingerprint density at radius 1 is 1.25 bits per heavy atom. The Kier molecular flexibility index (Phi) is 4.91. The number of pyridine rings is 1. The molecular formula is C20H22N4O3S. The van der Waals surface area contributed by atoms with Gasteiger partial charge >= 0.3 is 0 Å². The van der Waals surface area contributed by atoms with Crippen LogP contribution in [0.4, 0.5) is 0 Å². The predicted molar refractivity (Wildman–Crippen MR) is 106 cm³/mol. The van der Waals surface area contributed by atoms with Crippen molar-refractivity contribution in [2.75, 3.05) is 6.54 Å². The molecule has 4 rings (SSSR count). The lowest BCUT2D eigenvalue weighted by atomic mass is 10.1. The van der Waals surface area contributed by atoms with Crippen LogP contribution in [0.1, 0.15) is 34.5 Å². The number of benzene rings is 1. The van der Waals surface area contributed by atoms with Gasteiger partial charge in [-0.05, 0) is 49.6 Å². The van der Waals surface area contributed by atoms with Crippen molar-refractivity contribution < 1.29 is 13.2 Å². The Morgan fingerprint density at radius 3 is 2.82 bits per heavy atom. The molecule has 1 saturated carbocycles. The van der Waals surface area contributed by atoms with E-state index < -0.39 is 10.0 Å². The fourth-order valence-corrected chi connectivity index (χ4v) is 4.34. The fourth-order valence-electron chi connectivity index (χ4n) is 3.01. The van der Waals surface area contributed by atoms with Crippen LogP contribution in [0, 0.1) is 6.92 Å². The summed E-state index contributed by atoms with van der Waals surface area (Å²) < 4.78 is 29.4. The molecule has 0 unspecified atom stereocenters. The second kappa shape index (κ2) is 7.37. The number of sulfonamides is 1. The third kappa shape index (κ3) is 4.07. The molecule has 0 atom stereocenters. The Balaban J connectivity index is 1.43. The quantitative estimate of drug-likeness (QED) is 0.637. The number of aryl methyl sites for hydroxylation is 1. The molecule has 0 radical (unpaired) electrons. The summed E-state index contributed by atoms with van der Waals surface area (Å²) in [5, 5.41) is 2.86. The molecule has 3 aromatic rings. The first-order chi connectivity index (χ1) is 13.4. The highest BCUT2D eigenvalue weighted by atomic mass is 32.2. The van der Waals surface area contributed by atoms with E-state index in [9.17, 15) is 13.2 Å². The number of imidazole rings is 1. The summed E-state index contributed by atoms with van der Waals surface area (Å²) in [6.07, 6.45) is 6.18. The van der Waals surface area contributed by atoms with Gasteiger partial charge in [-0.3, -0.25) is 4.79 Å². The van der Waals surface area contributed by atoms with Gasteiger partial charge in [-0.25, -0.2) is 18.1 Å². The molecule has 1 aliphatic rings. The minimum atomic E-state index is -3.59. The average Bonchev–Trinajstić information content (AvgIpc) is 3.36. The second-order valence-corrected chi connectivity index (χ2v) is 8.79. The van der Waals surface area contributed by atoms with Crippen LogP contribution in [0.2, 0.25) is 0 Å². The molecule has 1 aliphatic carbocycles. The van der Waals surface area contributed by atoms with Gasteiger partial charge in [-0.15, -0.1) is 0 Å². The third-order valence-electron chi connectivity index (χ3n) is 4.74. The van der Waals surface area contributed by atoms with Gasteiger partial charge in [0.05, 0.1) is 10.6 Å². The number of amides is 1. The van der Waals surface area contributed by atoms with Gasteiger partial charge in [0, 0.05) is 37.0 Å². The largest absolute Gasteiger partial charge is 0.352 e. The minimum Gasteiger partial charge on any atom is -0.352 e. The van der Waals surface area contributed by atoms with E-state index >= 15 is 0 Å². The zero-order chi connectivity index (χ0) is 19.7. The van der Waals surface area contributed by atoms with Crippen LogP contribution in [0.15, 0.2) is 53.7 Å². The van der Waals surface area contributed by atoms with E-state index in [1.165, 1.54) is 12.1 Å². The first kappa shape index (κ1) is 18.6. The Hall–Kier alpha value is -2.71. The van der Waals surface area contributed by atoms with E-state index in [-0.39, 0.29) is 16.8 Å². The number of hydrogen-bond acceptors (Lipinski definition) is 4. The third-order valence-corrected chi connectivity index (χ3v) is 6.26. The van der Waals surface area contributed by atoms with Gasteiger partial charge in [-0.1, -0.05) is 12.1 Å². The maximum Gasteiger partial charge on any atom is 0.251 e. The molecule has 28 heavy (non-hydrogen) atoms. The Morgan fingerprint density at radius 2 is 2.07 bits per heavy atom. The first-order valence-electron chi connectivity index (χ1n) is 9.26. The van der Waals surface area contributed by atoms with Crippen LogP contribution < -0.4 is 10.0 Å². The summed E-state index contributed by atoms with van der Waals surface area (Å²) in [6.45, 7) is 2.21. The molecule has 1 amide bonds. The van der Waals surface area contributed by atoms with Crippen molar-refractivity contribution in [3.05, 3.63) is 65.6 Å². The lowest BCUT2D eigenvalue weighted by molar-refractivity contribution is 0.0953. The van der Waals surface area contributed by atoms with Crippen LogP contribution in [0.25, 0.3) is 5.65 Å². The SMILES string of the molecule is Cc1ccc(S(=O)(=O)NC2CC2)cc1C(=O)NCCc1cn2ccccc2n1. The van der Waals surface area contributed by atoms with Crippen molar-refractivity contribution in [3.63, 3.8) is 0 Å². The standard InChI is InChI=1S/C20H22N4O3S/c1-14-5-8-17(28(26,27)23-15-6-7-15)12-18(14)20(25)21-10-9-16-13-24-11-3-2-4-19(24)22-16/h2-5,8,11-13,15,23H,6-7,9-10H2,1H3,(H,21,25). The zero-order valence-corrected chi connectivity index (χ0v) is 16.4. The molecule has 0 aliphatic heterocycles. The normalized spacial score (nSPS) is 14.3. The van der Waals surface area contributed by atoms with E-state index in [1.807, 2.05) is 35.0 Å². The van der Waals surface area contributed by atoms with Gasteiger partial charge in [0.15, 0.2) is 0 Å². The molecule has 2 aromatic heterocycles. The van der Waals surface area contributed by atoms with Crippen LogP contribution in [0.3, 0.4) is 0 Å². The summed E-state index contributed by atoms with van der Waals surface area (Å²) in [5.74, 6) is -0.287. The van der Waals surface area contributed by atoms with Crippen molar-refractivity contribution >= 4 is 21.6 Å². The lowest BCUT2D eigenvalue weighted by Gasteiger charge is -2.10. The van der Waals surface area contributed by atoms with Gasteiger partial charge in [0.2, 0.25) is 10.0 Å². The van der Waals surface area contributed by atoms with E-state index in [0.29, 0.717) is 18.5 Å². The minimum absolute atomic E-state index is 0.0222. The van der Waals surface area contributed by atoms with Gasteiger partial charge in [0.25, 0.3) is 5.91 Å². The molecule has 146 valence electrons. The molecular weight excluding hydrogens is 376 g/mol. The maximum absolute atomic E-state index is 12.6. The number of nitrogens with zero attached hydrogens (tertiary/aromatic N) is 2. The molecule has 7 nitrogen and oxygen atoms in total. The van der Waals surface area contributed by atoms with Crippen LogP contribution in [-0.4, -0.2) is 36.3 Å². The van der Waals surface area contributed by atoms with Crippen molar-refractivity contribution in [2.45, 2.75) is 37.1 Å². The number of carbonyl (C=O) groups is 1. The Bertz CT molecular complexity index is 1100. The van der Waals surface area contributed by atoms with Gasteiger partial charge in [-0.2, -0.15) is 0 Å². The van der Waals surface area contributed by atoms with E-state index in [4.69, 9.17) is 0 Å². The maximum atomic E-state index is 12.6. The van der Waals surface area contributed by atoms with Crippen molar-refractivity contribution in [2.24, 2.45) is 0 Å². The summed E-state index contributed by atoms with van der Waals surface area (Å²) in [4.78, 5) is 17.2. The summed E-state index contributed by atoms with van der Waals surface area (Å²) in [5.41, 5.74) is 2.85. The van der Waals surface area contributed by atoms with Crippen molar-refractivity contribution in [1.82, 2.24) is 19.4 Å². The van der Waals surface area contributed by atoms with E-state index in [1.54, 1.807) is 13.0 Å². The number of nitrogens with one attached hydrogen (secondary N) is 2. The molecule has 0 bridgehead atoms. The van der Waals surface area contributed by atoms with Crippen LogP contribution in [-0.2, 0) is 16.4 Å². The molecule has 0 saturated heterocycles. The van der Waals surface area contributed by atoms with Gasteiger partial charge < -0.3 is 9.72 Å². The highest BCUT2D eigenvalue weighted by molar-refractivity contribution is 7.89. The smallest absolute Gasteiger partial charge is 0.251 e. The molecule has 1 fully saturated rings. The van der Waals surface area contributed by atoms with E-state index in [0.717, 1.165) is 29.7 Å². The molecule has 2 N–H and O–H groups in total. The average molecular weight is 398 g/mol. The Labute approximate surface area is 163 Å². The van der Waals surface area contributed by atoms with Crippen LogP contribution in [0.5, 0.6) is 0 Å².